The lowest BCUT2D eigenvalue weighted by Crippen LogP contribution is -2.32. The number of rotatable bonds is 13. The van der Waals surface area contributed by atoms with Crippen LogP contribution in [0.4, 0.5) is 11.4 Å². The zero-order chi connectivity index (χ0) is 35.7. The van der Waals surface area contributed by atoms with E-state index in [4.69, 9.17) is 4.84 Å². The average Bonchev–Trinajstić information content (AvgIpc) is 3.58. The summed E-state index contributed by atoms with van der Waals surface area (Å²) in [6.45, 7) is 11.4. The molecular formula is C34H38N3O10S2-. The molecule has 0 aromatic heterocycles. The van der Waals surface area contributed by atoms with Crippen LogP contribution in [-0.2, 0) is 49.5 Å². The van der Waals surface area contributed by atoms with Crippen LogP contribution < -0.4 is 10.2 Å². The number of hydrogen-bond acceptors (Lipinski definition) is 12. The molecule has 49 heavy (non-hydrogen) atoms. The van der Waals surface area contributed by atoms with Crippen LogP contribution in [0.25, 0.3) is 0 Å². The minimum absolute atomic E-state index is 0.00802. The van der Waals surface area contributed by atoms with E-state index in [1.165, 1.54) is 12.1 Å². The zero-order valence-corrected chi connectivity index (χ0v) is 29.5. The Morgan fingerprint density at radius 3 is 2.41 bits per heavy atom. The van der Waals surface area contributed by atoms with Gasteiger partial charge in [0.05, 0.1) is 22.4 Å². The first kappa shape index (κ1) is 36.4. The molecule has 0 bridgehead atoms. The minimum Gasteiger partial charge on any atom is -0.744 e. The Labute approximate surface area is 289 Å². The Bertz CT molecular complexity index is 1870. The summed E-state index contributed by atoms with van der Waals surface area (Å²) >= 11 is 0.833. The Kier molecular flexibility index (Phi) is 10.5. The van der Waals surface area contributed by atoms with Crippen LogP contribution in [0.3, 0.4) is 0 Å². The van der Waals surface area contributed by atoms with Crippen LogP contribution in [0.2, 0.25) is 0 Å². The van der Waals surface area contributed by atoms with Crippen molar-refractivity contribution in [2.75, 3.05) is 18.0 Å². The molecule has 3 aliphatic heterocycles. The van der Waals surface area contributed by atoms with Gasteiger partial charge in [-0.1, -0.05) is 6.08 Å². The predicted molar refractivity (Wildman–Crippen MR) is 176 cm³/mol. The molecular weight excluding hydrogens is 675 g/mol. The molecule has 13 nitrogen and oxygen atoms in total. The van der Waals surface area contributed by atoms with Crippen molar-refractivity contribution in [1.29, 1.82) is 0 Å². The summed E-state index contributed by atoms with van der Waals surface area (Å²) in [5.74, 6) is -1.86. The van der Waals surface area contributed by atoms with Gasteiger partial charge < -0.3 is 19.5 Å². The molecule has 1 atom stereocenters. The normalized spacial score (nSPS) is 21.0. The van der Waals surface area contributed by atoms with E-state index in [1.807, 2.05) is 50.3 Å². The molecule has 2 amide bonds. The Morgan fingerprint density at radius 1 is 1.06 bits per heavy atom. The van der Waals surface area contributed by atoms with Gasteiger partial charge in [0.2, 0.25) is 5.69 Å². The van der Waals surface area contributed by atoms with Crippen LogP contribution >= 0.6 is 12.0 Å². The average molecular weight is 713 g/mol. The molecule has 1 saturated heterocycles. The smallest absolute Gasteiger partial charge is 0.333 e. The van der Waals surface area contributed by atoms with Crippen molar-refractivity contribution in [3.8, 4) is 0 Å². The molecule has 2 aromatic rings. The number of likely N-dealkylation sites (N-methyl/N-ethyl adjacent to an activating group) is 1. The molecule has 2 aromatic carbocycles. The fraction of sp³-hybridized carbons (Fsp3) is 0.412. The number of nitrogens with zero attached hydrogens (tertiary/aromatic N) is 3. The topological polar surface area (TPSA) is 169 Å². The second-order valence-electron chi connectivity index (χ2n) is 12.7. The van der Waals surface area contributed by atoms with Crippen LogP contribution in [0.5, 0.6) is 0 Å². The highest BCUT2D eigenvalue weighted by molar-refractivity contribution is 7.94. The quantitative estimate of drug-likeness (QED) is 0.0725. The molecule has 0 saturated carbocycles. The van der Waals surface area contributed by atoms with Gasteiger partial charge in [0.15, 0.2) is 5.71 Å². The van der Waals surface area contributed by atoms with Gasteiger partial charge in [0, 0.05) is 65.2 Å². The first-order valence-corrected chi connectivity index (χ1v) is 18.1. The first-order valence-electron chi connectivity index (χ1n) is 15.9. The van der Waals surface area contributed by atoms with Gasteiger partial charge in [-0.25, -0.2) is 13.2 Å². The molecule has 1 unspecified atom stereocenters. The lowest BCUT2D eigenvalue weighted by atomic mass is 9.77. The fourth-order valence-corrected chi connectivity index (χ4v) is 7.91. The van der Waals surface area contributed by atoms with Gasteiger partial charge in [0.1, 0.15) is 16.7 Å². The summed E-state index contributed by atoms with van der Waals surface area (Å²) in [5, 5.41) is 14.4. The van der Waals surface area contributed by atoms with Crippen LogP contribution in [0.15, 0.2) is 70.1 Å². The monoisotopic (exact) mass is 712 g/mol. The van der Waals surface area contributed by atoms with Crippen molar-refractivity contribution in [2.45, 2.75) is 87.3 Å². The van der Waals surface area contributed by atoms with E-state index in [1.54, 1.807) is 6.07 Å². The molecule has 262 valence electrons. The minimum atomic E-state index is -4.74. The van der Waals surface area contributed by atoms with Crippen molar-refractivity contribution in [1.82, 2.24) is 5.06 Å². The summed E-state index contributed by atoms with van der Waals surface area (Å²) in [6.07, 6.45) is 6.48. The molecule has 0 N–H and O–H groups in total. The Morgan fingerprint density at radius 2 is 1.78 bits per heavy atom. The number of amides is 2. The molecule has 3 aliphatic rings. The van der Waals surface area contributed by atoms with Crippen molar-refractivity contribution in [3.63, 3.8) is 0 Å². The zero-order valence-electron chi connectivity index (χ0n) is 27.9. The third-order valence-electron chi connectivity index (χ3n) is 9.42. The molecule has 0 spiro atoms. The van der Waals surface area contributed by atoms with Gasteiger partial charge in [-0.3, -0.25) is 14.6 Å². The first-order chi connectivity index (χ1) is 23.2. The van der Waals surface area contributed by atoms with E-state index in [9.17, 15) is 32.6 Å². The Balaban J connectivity index is 1.48. The largest absolute Gasteiger partial charge is 0.744 e. The van der Waals surface area contributed by atoms with Gasteiger partial charge in [0.25, 0.3) is 11.8 Å². The summed E-state index contributed by atoms with van der Waals surface area (Å²) < 4.78 is 42.9. The number of carbonyl (C=O) groups excluding carboxylic acids is 3. The maximum atomic E-state index is 12.6. The highest BCUT2D eigenvalue weighted by atomic mass is 32.2. The van der Waals surface area contributed by atoms with E-state index in [0.717, 1.165) is 40.4 Å². The van der Waals surface area contributed by atoms with Gasteiger partial charge >= 0.3 is 5.97 Å². The predicted octanol–water partition coefficient (Wildman–Crippen LogP) is 4.23. The van der Waals surface area contributed by atoms with Crippen LogP contribution in [0, 0.1) is 0 Å². The highest BCUT2D eigenvalue weighted by Gasteiger charge is 2.45. The lowest BCUT2D eigenvalue weighted by Gasteiger charge is -2.30. The van der Waals surface area contributed by atoms with Crippen molar-refractivity contribution < 1.29 is 51.4 Å². The number of fused-ring (bicyclic) bond motifs is 2. The summed E-state index contributed by atoms with van der Waals surface area (Å²) in [4.78, 5) is 44.0. The molecule has 1 fully saturated rings. The fourth-order valence-electron chi connectivity index (χ4n) is 7.01. The number of carbonyl (C=O) groups is 3. The van der Waals surface area contributed by atoms with Crippen molar-refractivity contribution >= 4 is 57.0 Å². The molecule has 0 aliphatic carbocycles. The van der Waals surface area contributed by atoms with Gasteiger partial charge in [-0.05, 0) is 89.4 Å². The molecule has 5 rings (SSSR count). The maximum Gasteiger partial charge on any atom is 0.333 e. The third kappa shape index (κ3) is 6.96. The summed E-state index contributed by atoms with van der Waals surface area (Å²) in [5.41, 5.74) is 4.07. The number of allylic oxidation sites excluding steroid dienone is 4. The number of imide groups is 1. The van der Waals surface area contributed by atoms with Crippen LogP contribution in [-0.4, -0.2) is 59.2 Å². The van der Waals surface area contributed by atoms with Crippen molar-refractivity contribution in [3.05, 3.63) is 71.5 Å². The number of anilines is 1. The number of benzene rings is 2. The van der Waals surface area contributed by atoms with Crippen molar-refractivity contribution in [2.24, 2.45) is 0 Å². The van der Waals surface area contributed by atoms with E-state index >= 15 is 0 Å². The third-order valence-corrected chi connectivity index (χ3v) is 10.8. The SMILES string of the molecule is CCN1/C(=C/C=C/C2=[N+](CC)c3ccc(SOO[O-])cc3C2(C)C)C(C)(CCCC(=O)ON2C(=O)CCC2=O)c2cc(S(=O)(=O)[O-])ccc21. The van der Waals surface area contributed by atoms with Gasteiger partial charge in [-0.2, -0.15) is 8.91 Å². The second-order valence-corrected chi connectivity index (χ2v) is 14.8. The standard InChI is InChI=1S/C34H39N3O10S2/c1-6-35-26-15-13-22(48-47-46-41)20-24(26)33(3,4)28(35)10-8-11-29-34(5,19-9-12-32(40)45-37-30(38)17-18-31(37)39)25-21-23(49(42,43)44)14-16-27(25)36(29)7-2/h8,10-11,13-16,20-21H,6-7,9,12,17-19H2,1-5H3,(H-,41,42,43,44)/p-1. The number of hydroxylamine groups is 2. The molecule has 3 heterocycles. The Hall–Kier alpha value is -3.86. The maximum absolute atomic E-state index is 12.6. The van der Waals surface area contributed by atoms with Gasteiger partial charge in [-0.15, -0.1) is 5.06 Å². The summed E-state index contributed by atoms with van der Waals surface area (Å²) in [7, 11) is -4.74. The van der Waals surface area contributed by atoms with Crippen LogP contribution in [0.1, 0.15) is 77.8 Å². The second kappa shape index (κ2) is 14.2. The summed E-state index contributed by atoms with van der Waals surface area (Å²) in [6, 6.07) is 10.1. The van der Waals surface area contributed by atoms with E-state index < -0.39 is 38.7 Å². The van der Waals surface area contributed by atoms with E-state index in [0.29, 0.717) is 35.0 Å². The lowest BCUT2D eigenvalue weighted by molar-refractivity contribution is -0.777. The van der Waals surface area contributed by atoms with E-state index in [2.05, 4.69) is 39.6 Å². The number of hydrogen-bond donors (Lipinski definition) is 0. The molecule has 0 radical (unpaired) electrons. The highest BCUT2D eigenvalue weighted by Crippen LogP contribution is 2.51. The molecule has 15 heteroatoms. The van der Waals surface area contributed by atoms with E-state index in [-0.39, 0.29) is 30.6 Å².